The number of carbonyl (C=O) groups is 1. The SMILES string of the molecule is Cc1c(Cl)cc(S(=O)(=O)Oc2ccc3c(c2)CCC(=O)N3)cc1[N+](=O)[O-]. The van der Waals surface area contributed by atoms with Crippen LogP contribution < -0.4 is 9.50 Å². The summed E-state index contributed by atoms with van der Waals surface area (Å²) in [6.07, 6.45) is 0.753. The highest BCUT2D eigenvalue weighted by Crippen LogP contribution is 2.32. The molecule has 1 aliphatic heterocycles. The summed E-state index contributed by atoms with van der Waals surface area (Å²) in [5.74, 6) is -0.0698. The first-order chi connectivity index (χ1) is 12.2. The summed E-state index contributed by atoms with van der Waals surface area (Å²) >= 11 is 5.92. The van der Waals surface area contributed by atoms with E-state index in [1.165, 1.54) is 19.1 Å². The molecule has 0 saturated carbocycles. The van der Waals surface area contributed by atoms with Gasteiger partial charge in [-0.3, -0.25) is 14.9 Å². The Morgan fingerprint density at radius 3 is 2.65 bits per heavy atom. The molecule has 0 saturated heterocycles. The zero-order chi connectivity index (χ0) is 19.1. The van der Waals surface area contributed by atoms with Crippen LogP contribution in [0.4, 0.5) is 11.4 Å². The number of aryl methyl sites for hydroxylation is 1. The van der Waals surface area contributed by atoms with E-state index in [0.717, 1.165) is 17.7 Å². The number of anilines is 1. The third-order valence-corrected chi connectivity index (χ3v) is 5.57. The van der Waals surface area contributed by atoms with Crippen molar-refractivity contribution >= 4 is 39.0 Å². The molecule has 0 unspecified atom stereocenters. The second-order valence-corrected chi connectivity index (χ2v) is 7.66. The number of fused-ring (bicyclic) bond motifs is 1. The molecule has 136 valence electrons. The normalized spacial score (nSPS) is 13.7. The van der Waals surface area contributed by atoms with Crippen LogP contribution in [0.3, 0.4) is 0 Å². The third kappa shape index (κ3) is 3.49. The second kappa shape index (κ2) is 6.58. The molecule has 0 aliphatic carbocycles. The van der Waals surface area contributed by atoms with Crippen molar-refractivity contribution in [3.8, 4) is 5.75 Å². The molecule has 1 heterocycles. The smallest absolute Gasteiger partial charge is 0.339 e. The van der Waals surface area contributed by atoms with Gasteiger partial charge in [0, 0.05) is 23.7 Å². The number of nitrogens with one attached hydrogen (secondary N) is 1. The van der Waals surface area contributed by atoms with Gasteiger partial charge in [0.25, 0.3) is 5.69 Å². The fraction of sp³-hybridized carbons (Fsp3) is 0.188. The molecule has 0 bridgehead atoms. The van der Waals surface area contributed by atoms with Crippen molar-refractivity contribution < 1.29 is 22.3 Å². The molecule has 1 aliphatic rings. The number of hydrogen-bond donors (Lipinski definition) is 1. The first-order valence-corrected chi connectivity index (χ1v) is 9.28. The summed E-state index contributed by atoms with van der Waals surface area (Å²) in [7, 11) is -4.32. The number of nitro groups is 1. The number of rotatable bonds is 4. The van der Waals surface area contributed by atoms with Crippen LogP contribution in [-0.2, 0) is 21.3 Å². The number of halogens is 1. The number of amides is 1. The molecule has 1 amide bonds. The van der Waals surface area contributed by atoms with E-state index in [-0.39, 0.29) is 22.2 Å². The average molecular weight is 397 g/mol. The van der Waals surface area contributed by atoms with Crippen LogP contribution in [-0.4, -0.2) is 19.2 Å². The lowest BCUT2D eigenvalue weighted by atomic mass is 10.0. The molecule has 0 radical (unpaired) electrons. The summed E-state index contributed by atoms with van der Waals surface area (Å²) < 4.78 is 30.1. The Labute approximate surface area is 154 Å². The standard InChI is InChI=1S/C16H13ClN2O6S/c1-9-13(17)7-12(8-15(9)19(21)22)26(23,24)25-11-3-4-14-10(6-11)2-5-16(20)18-14/h3-4,6-8H,2,5H2,1H3,(H,18,20). The van der Waals surface area contributed by atoms with Crippen molar-refractivity contribution in [3.63, 3.8) is 0 Å². The fourth-order valence-electron chi connectivity index (χ4n) is 2.56. The van der Waals surface area contributed by atoms with Gasteiger partial charge in [-0.1, -0.05) is 11.6 Å². The highest BCUT2D eigenvalue weighted by molar-refractivity contribution is 7.87. The minimum absolute atomic E-state index is 0.0410. The van der Waals surface area contributed by atoms with Gasteiger partial charge in [0.05, 0.1) is 9.95 Å². The van der Waals surface area contributed by atoms with Gasteiger partial charge in [0.15, 0.2) is 0 Å². The van der Waals surface area contributed by atoms with Gasteiger partial charge in [-0.15, -0.1) is 0 Å². The molecule has 0 fully saturated rings. The van der Waals surface area contributed by atoms with Gasteiger partial charge in [-0.25, -0.2) is 0 Å². The van der Waals surface area contributed by atoms with Gasteiger partial charge >= 0.3 is 10.1 Å². The molecule has 8 nitrogen and oxygen atoms in total. The van der Waals surface area contributed by atoms with Crippen molar-refractivity contribution in [3.05, 3.63) is 56.6 Å². The van der Waals surface area contributed by atoms with Crippen molar-refractivity contribution in [1.82, 2.24) is 0 Å². The number of benzene rings is 2. The van der Waals surface area contributed by atoms with Crippen LogP contribution in [0, 0.1) is 17.0 Å². The first-order valence-electron chi connectivity index (χ1n) is 7.49. The van der Waals surface area contributed by atoms with Crippen molar-refractivity contribution in [2.24, 2.45) is 0 Å². The minimum Gasteiger partial charge on any atom is -0.379 e. The number of nitro benzene ring substituents is 1. The number of nitrogens with zero attached hydrogens (tertiary/aromatic N) is 1. The van der Waals surface area contributed by atoms with Crippen LogP contribution in [0.25, 0.3) is 0 Å². The van der Waals surface area contributed by atoms with E-state index in [9.17, 15) is 23.3 Å². The van der Waals surface area contributed by atoms with Crippen LogP contribution in [0.2, 0.25) is 5.02 Å². The second-order valence-electron chi connectivity index (χ2n) is 5.71. The van der Waals surface area contributed by atoms with E-state index in [0.29, 0.717) is 18.5 Å². The Kier molecular flexibility index (Phi) is 4.59. The van der Waals surface area contributed by atoms with Gasteiger partial charge < -0.3 is 9.50 Å². The number of hydrogen-bond acceptors (Lipinski definition) is 6. The van der Waals surface area contributed by atoms with E-state index in [2.05, 4.69) is 5.32 Å². The largest absolute Gasteiger partial charge is 0.379 e. The van der Waals surface area contributed by atoms with Crippen molar-refractivity contribution in [1.29, 1.82) is 0 Å². The van der Waals surface area contributed by atoms with Gasteiger partial charge in [0.2, 0.25) is 5.91 Å². The molecule has 0 aromatic heterocycles. The Morgan fingerprint density at radius 2 is 1.96 bits per heavy atom. The number of carbonyl (C=O) groups excluding carboxylic acids is 1. The predicted molar refractivity (Wildman–Crippen MR) is 94.0 cm³/mol. The topological polar surface area (TPSA) is 116 Å². The van der Waals surface area contributed by atoms with Crippen LogP contribution >= 0.6 is 11.6 Å². The molecule has 1 N–H and O–H groups in total. The van der Waals surface area contributed by atoms with E-state index in [1.54, 1.807) is 6.07 Å². The van der Waals surface area contributed by atoms with Gasteiger partial charge in [-0.05, 0) is 43.2 Å². The lowest BCUT2D eigenvalue weighted by Gasteiger charge is -2.17. The highest BCUT2D eigenvalue weighted by atomic mass is 35.5. The van der Waals surface area contributed by atoms with Crippen LogP contribution in [0.1, 0.15) is 17.5 Å². The highest BCUT2D eigenvalue weighted by Gasteiger charge is 2.25. The van der Waals surface area contributed by atoms with Crippen LogP contribution in [0.15, 0.2) is 35.2 Å². The maximum atomic E-state index is 12.5. The third-order valence-electron chi connectivity index (χ3n) is 3.95. The van der Waals surface area contributed by atoms with E-state index in [4.69, 9.17) is 15.8 Å². The van der Waals surface area contributed by atoms with Crippen LogP contribution in [0.5, 0.6) is 5.75 Å². The molecule has 26 heavy (non-hydrogen) atoms. The molecule has 3 rings (SSSR count). The van der Waals surface area contributed by atoms with Gasteiger partial charge in [-0.2, -0.15) is 8.42 Å². The van der Waals surface area contributed by atoms with E-state index in [1.807, 2.05) is 0 Å². The van der Waals surface area contributed by atoms with Crippen molar-refractivity contribution in [2.45, 2.75) is 24.7 Å². The first kappa shape index (κ1) is 18.2. The lowest BCUT2D eigenvalue weighted by Crippen LogP contribution is -2.19. The summed E-state index contributed by atoms with van der Waals surface area (Å²) in [5.41, 5.74) is 1.10. The summed E-state index contributed by atoms with van der Waals surface area (Å²) in [5, 5.41) is 13.7. The molecule has 0 spiro atoms. The minimum atomic E-state index is -4.32. The molecule has 2 aromatic carbocycles. The monoisotopic (exact) mass is 396 g/mol. The summed E-state index contributed by atoms with van der Waals surface area (Å²) in [4.78, 5) is 21.3. The maximum Gasteiger partial charge on any atom is 0.339 e. The Morgan fingerprint density at radius 1 is 1.23 bits per heavy atom. The van der Waals surface area contributed by atoms with E-state index >= 15 is 0 Å². The van der Waals surface area contributed by atoms with E-state index < -0.39 is 25.6 Å². The average Bonchev–Trinajstić information content (AvgIpc) is 2.56. The fourth-order valence-corrected chi connectivity index (χ4v) is 3.81. The Balaban J connectivity index is 1.95. The molecule has 10 heteroatoms. The molecular weight excluding hydrogens is 384 g/mol. The van der Waals surface area contributed by atoms with Gasteiger partial charge in [0.1, 0.15) is 10.6 Å². The van der Waals surface area contributed by atoms with Crippen molar-refractivity contribution in [2.75, 3.05) is 5.32 Å². The Hall–Kier alpha value is -2.65. The molecular formula is C16H13ClN2O6S. The summed E-state index contributed by atoms with van der Waals surface area (Å²) in [6.45, 7) is 1.43. The molecule has 2 aromatic rings. The predicted octanol–water partition coefficient (Wildman–Crippen LogP) is 3.21. The summed E-state index contributed by atoms with van der Waals surface area (Å²) in [6, 6.07) is 6.47. The zero-order valence-corrected chi connectivity index (χ0v) is 15.1. The quantitative estimate of drug-likeness (QED) is 0.482. The maximum absolute atomic E-state index is 12.5. The zero-order valence-electron chi connectivity index (χ0n) is 13.5. The Bertz CT molecular complexity index is 1040. The molecule has 0 atom stereocenters. The lowest BCUT2D eigenvalue weighted by molar-refractivity contribution is -0.385.